The van der Waals surface area contributed by atoms with Crippen molar-refractivity contribution in [2.24, 2.45) is 5.73 Å². The monoisotopic (exact) mass is 119 g/mol. The van der Waals surface area contributed by atoms with E-state index >= 15 is 0 Å². The van der Waals surface area contributed by atoms with Crippen LogP contribution < -0.4 is 5.73 Å². The third kappa shape index (κ3) is 2.96. The molecule has 0 fully saturated rings. The number of aliphatic hydroxyl groups is 1. The summed E-state index contributed by atoms with van der Waals surface area (Å²) in [6, 6.07) is 0. The molecule has 0 bridgehead atoms. The summed E-state index contributed by atoms with van der Waals surface area (Å²) in [4.78, 5) is 0. The first-order valence-corrected chi connectivity index (χ1v) is 2.54. The number of methoxy groups -OCH3 is 1. The van der Waals surface area contributed by atoms with Crippen molar-refractivity contribution in [1.82, 2.24) is 0 Å². The topological polar surface area (TPSA) is 55.5 Å². The molecule has 0 aliphatic carbocycles. The summed E-state index contributed by atoms with van der Waals surface area (Å²) in [5, 5.41) is 9.07. The number of rotatable bonds is 3. The lowest BCUT2D eigenvalue weighted by atomic mass is 10.1. The zero-order chi connectivity index (χ0) is 6.62. The van der Waals surface area contributed by atoms with E-state index in [4.69, 9.17) is 10.8 Å². The van der Waals surface area contributed by atoms with Crippen LogP contribution in [0.15, 0.2) is 0 Å². The second-order valence-corrected chi connectivity index (χ2v) is 2.13. The molecule has 0 aromatic rings. The maximum atomic E-state index is 9.07. The molecular weight excluding hydrogens is 106 g/mol. The molecule has 50 valence electrons. The highest BCUT2D eigenvalue weighted by atomic mass is 16.5. The summed E-state index contributed by atoms with van der Waals surface area (Å²) in [7, 11) is 1.53. The van der Waals surface area contributed by atoms with Gasteiger partial charge in [-0.15, -0.1) is 0 Å². The second kappa shape index (κ2) is 3.02. The molecule has 3 nitrogen and oxygen atoms in total. The van der Waals surface area contributed by atoms with Gasteiger partial charge in [-0.3, -0.25) is 0 Å². The van der Waals surface area contributed by atoms with Crippen molar-refractivity contribution in [2.75, 3.05) is 20.3 Å². The SMILES string of the molecule is COCC(C)(O)CN. The Balaban J connectivity index is 3.37. The van der Waals surface area contributed by atoms with E-state index in [2.05, 4.69) is 4.74 Å². The van der Waals surface area contributed by atoms with Crippen LogP contribution in [0.25, 0.3) is 0 Å². The van der Waals surface area contributed by atoms with Gasteiger partial charge in [-0.05, 0) is 6.92 Å². The fraction of sp³-hybridized carbons (Fsp3) is 1.00. The van der Waals surface area contributed by atoms with Crippen molar-refractivity contribution in [3.8, 4) is 0 Å². The van der Waals surface area contributed by atoms with E-state index in [1.54, 1.807) is 6.92 Å². The zero-order valence-corrected chi connectivity index (χ0v) is 5.35. The molecule has 0 radical (unpaired) electrons. The van der Waals surface area contributed by atoms with E-state index in [0.717, 1.165) is 0 Å². The largest absolute Gasteiger partial charge is 0.386 e. The molecule has 0 spiro atoms. The van der Waals surface area contributed by atoms with Gasteiger partial charge >= 0.3 is 0 Å². The number of hydrogen-bond acceptors (Lipinski definition) is 3. The Bertz CT molecular complexity index is 63.4. The van der Waals surface area contributed by atoms with Gasteiger partial charge in [0.15, 0.2) is 0 Å². The molecule has 0 aromatic carbocycles. The summed E-state index contributed by atoms with van der Waals surface area (Å²) in [5.41, 5.74) is 4.31. The van der Waals surface area contributed by atoms with Crippen LogP contribution in [0.3, 0.4) is 0 Å². The Hall–Kier alpha value is -0.120. The summed E-state index contributed by atoms with van der Waals surface area (Å²) in [6.07, 6.45) is 0. The van der Waals surface area contributed by atoms with Crippen LogP contribution in [0, 0.1) is 0 Å². The van der Waals surface area contributed by atoms with Crippen molar-refractivity contribution < 1.29 is 9.84 Å². The first kappa shape index (κ1) is 7.88. The minimum Gasteiger partial charge on any atom is -0.386 e. The lowest BCUT2D eigenvalue weighted by molar-refractivity contribution is -0.00942. The smallest absolute Gasteiger partial charge is 0.0973 e. The number of ether oxygens (including phenoxy) is 1. The average Bonchev–Trinajstić information content (AvgIpc) is 1.67. The highest BCUT2D eigenvalue weighted by molar-refractivity contribution is 4.71. The van der Waals surface area contributed by atoms with E-state index < -0.39 is 5.60 Å². The van der Waals surface area contributed by atoms with Gasteiger partial charge in [-0.25, -0.2) is 0 Å². The highest BCUT2D eigenvalue weighted by Crippen LogP contribution is 1.98. The van der Waals surface area contributed by atoms with Gasteiger partial charge in [-0.2, -0.15) is 0 Å². The molecule has 3 N–H and O–H groups in total. The summed E-state index contributed by atoms with van der Waals surface area (Å²) in [5.74, 6) is 0. The van der Waals surface area contributed by atoms with Gasteiger partial charge in [0.25, 0.3) is 0 Å². The number of nitrogens with two attached hydrogens (primary N) is 1. The number of hydrogen-bond donors (Lipinski definition) is 2. The molecule has 1 atom stereocenters. The Kier molecular flexibility index (Phi) is 2.97. The van der Waals surface area contributed by atoms with Crippen LogP contribution in [-0.4, -0.2) is 31.0 Å². The lowest BCUT2D eigenvalue weighted by Gasteiger charge is -2.18. The van der Waals surface area contributed by atoms with Crippen molar-refractivity contribution >= 4 is 0 Å². The van der Waals surface area contributed by atoms with Gasteiger partial charge in [0, 0.05) is 13.7 Å². The van der Waals surface area contributed by atoms with E-state index in [0.29, 0.717) is 6.61 Å². The molecule has 3 heteroatoms. The van der Waals surface area contributed by atoms with E-state index in [-0.39, 0.29) is 6.54 Å². The summed E-state index contributed by atoms with van der Waals surface area (Å²) in [6.45, 7) is 2.17. The van der Waals surface area contributed by atoms with Crippen LogP contribution in [0.1, 0.15) is 6.92 Å². The molecule has 0 aliphatic heterocycles. The molecule has 8 heavy (non-hydrogen) atoms. The Morgan fingerprint density at radius 2 is 2.25 bits per heavy atom. The molecule has 0 rings (SSSR count). The Morgan fingerprint density at radius 1 is 1.75 bits per heavy atom. The summed E-state index contributed by atoms with van der Waals surface area (Å²) < 4.78 is 4.67. The Morgan fingerprint density at radius 3 is 2.38 bits per heavy atom. The van der Waals surface area contributed by atoms with Crippen molar-refractivity contribution in [3.63, 3.8) is 0 Å². The maximum absolute atomic E-state index is 9.07. The predicted octanol–water partition coefficient (Wildman–Crippen LogP) is -0.657. The minimum atomic E-state index is -0.852. The maximum Gasteiger partial charge on any atom is 0.0973 e. The van der Waals surface area contributed by atoms with Crippen LogP contribution in [0.5, 0.6) is 0 Å². The van der Waals surface area contributed by atoms with Gasteiger partial charge in [0.1, 0.15) is 0 Å². The fourth-order valence-corrected chi connectivity index (χ4v) is 0.370. The van der Waals surface area contributed by atoms with Crippen LogP contribution in [0.4, 0.5) is 0 Å². The molecule has 0 aromatic heterocycles. The van der Waals surface area contributed by atoms with Crippen molar-refractivity contribution in [3.05, 3.63) is 0 Å². The summed E-state index contributed by atoms with van der Waals surface area (Å²) >= 11 is 0. The quantitative estimate of drug-likeness (QED) is 0.518. The lowest BCUT2D eigenvalue weighted by Crippen LogP contribution is -2.38. The fourth-order valence-electron chi connectivity index (χ4n) is 0.370. The average molecular weight is 119 g/mol. The molecule has 0 amide bonds. The molecule has 0 heterocycles. The normalized spacial score (nSPS) is 18.0. The molecule has 0 saturated heterocycles. The third-order valence-electron chi connectivity index (χ3n) is 0.895. The van der Waals surface area contributed by atoms with E-state index in [1.807, 2.05) is 0 Å². The predicted molar refractivity (Wildman–Crippen MR) is 31.6 cm³/mol. The molecule has 1 unspecified atom stereocenters. The molecule has 0 aliphatic rings. The standard InChI is InChI=1S/C5H13NO2/c1-5(7,3-6)4-8-2/h7H,3-4,6H2,1-2H3. The third-order valence-corrected chi connectivity index (χ3v) is 0.895. The van der Waals surface area contributed by atoms with E-state index in [1.165, 1.54) is 7.11 Å². The van der Waals surface area contributed by atoms with Gasteiger partial charge in [-0.1, -0.05) is 0 Å². The minimum absolute atomic E-state index is 0.237. The van der Waals surface area contributed by atoms with Crippen LogP contribution in [0.2, 0.25) is 0 Å². The Labute approximate surface area is 49.4 Å². The zero-order valence-electron chi connectivity index (χ0n) is 5.35. The molecule has 0 saturated carbocycles. The van der Waals surface area contributed by atoms with Crippen LogP contribution in [-0.2, 0) is 4.74 Å². The van der Waals surface area contributed by atoms with Gasteiger partial charge < -0.3 is 15.6 Å². The second-order valence-electron chi connectivity index (χ2n) is 2.13. The van der Waals surface area contributed by atoms with Gasteiger partial charge in [0.05, 0.1) is 12.2 Å². The van der Waals surface area contributed by atoms with Crippen molar-refractivity contribution in [2.45, 2.75) is 12.5 Å². The first-order chi connectivity index (χ1) is 3.62. The van der Waals surface area contributed by atoms with Crippen molar-refractivity contribution in [1.29, 1.82) is 0 Å². The first-order valence-electron chi connectivity index (χ1n) is 2.54. The van der Waals surface area contributed by atoms with Gasteiger partial charge in [0.2, 0.25) is 0 Å². The van der Waals surface area contributed by atoms with E-state index in [9.17, 15) is 0 Å². The molecular formula is C5H13NO2. The highest BCUT2D eigenvalue weighted by Gasteiger charge is 2.16. The van der Waals surface area contributed by atoms with Crippen LogP contribution >= 0.6 is 0 Å².